The highest BCUT2D eigenvalue weighted by Crippen LogP contribution is 2.35. The minimum absolute atomic E-state index is 0.591. The molecule has 0 aromatic heterocycles. The molecule has 14 heavy (non-hydrogen) atoms. The molecule has 1 aliphatic rings. The second-order valence-corrected chi connectivity index (χ2v) is 4.99. The van der Waals surface area contributed by atoms with Gasteiger partial charge in [-0.3, -0.25) is 0 Å². The molecule has 0 saturated heterocycles. The number of hydrogen-bond donors (Lipinski definition) is 0. The molecule has 0 spiro atoms. The van der Waals surface area contributed by atoms with E-state index in [1.54, 1.807) is 0 Å². The summed E-state index contributed by atoms with van der Waals surface area (Å²) in [6.45, 7) is 5.70. The molecule has 1 aromatic rings. The van der Waals surface area contributed by atoms with Crippen molar-refractivity contribution in [2.24, 2.45) is 0 Å². The molecule has 0 amide bonds. The molecule has 0 saturated carbocycles. The third kappa shape index (κ3) is 1.68. The largest absolute Gasteiger partial charge is 0.368 e. The Hall–Kier alpha value is -0.500. The molecule has 2 rings (SSSR count). The molecule has 1 aromatic carbocycles. The molecule has 0 fully saturated rings. The normalized spacial score (nSPS) is 15.9. The maximum absolute atomic E-state index is 3.65. The number of benzene rings is 1. The van der Waals surface area contributed by atoms with E-state index in [0.717, 1.165) is 0 Å². The molecule has 0 radical (unpaired) electrons. The lowest BCUT2D eigenvalue weighted by molar-refractivity contribution is 0.624. The van der Waals surface area contributed by atoms with E-state index in [-0.39, 0.29) is 0 Å². The Balaban J connectivity index is 2.47. The number of hydrogen-bond acceptors (Lipinski definition) is 1. The molecule has 0 N–H and O–H groups in total. The van der Waals surface area contributed by atoms with Crippen molar-refractivity contribution in [2.45, 2.75) is 32.7 Å². The van der Waals surface area contributed by atoms with E-state index in [4.69, 9.17) is 0 Å². The van der Waals surface area contributed by atoms with Crippen molar-refractivity contribution in [2.75, 3.05) is 11.4 Å². The van der Waals surface area contributed by atoms with Gasteiger partial charge in [0.25, 0.3) is 0 Å². The number of anilines is 1. The maximum atomic E-state index is 3.65. The Morgan fingerprint density at radius 2 is 2.14 bits per heavy atom. The molecule has 2 heteroatoms. The fraction of sp³-hybridized carbons (Fsp3) is 0.500. The Morgan fingerprint density at radius 3 is 2.86 bits per heavy atom. The van der Waals surface area contributed by atoms with Crippen LogP contribution in [0.4, 0.5) is 5.69 Å². The highest BCUT2D eigenvalue weighted by atomic mass is 79.9. The average molecular weight is 254 g/mol. The zero-order chi connectivity index (χ0) is 10.1. The van der Waals surface area contributed by atoms with Crippen molar-refractivity contribution in [1.29, 1.82) is 0 Å². The van der Waals surface area contributed by atoms with Gasteiger partial charge in [0.1, 0.15) is 0 Å². The molecule has 0 atom stereocenters. The van der Waals surface area contributed by atoms with Gasteiger partial charge < -0.3 is 4.90 Å². The van der Waals surface area contributed by atoms with Crippen LogP contribution in [0.15, 0.2) is 22.7 Å². The van der Waals surface area contributed by atoms with E-state index in [1.807, 2.05) is 0 Å². The van der Waals surface area contributed by atoms with Crippen LogP contribution in [0.2, 0.25) is 0 Å². The smallest absolute Gasteiger partial charge is 0.0545 e. The lowest BCUT2D eigenvalue weighted by atomic mass is 10.0. The lowest BCUT2D eigenvalue weighted by Crippen LogP contribution is -2.35. The standard InChI is InChI=1S/C12H16BrN/c1-9(2)14-8-4-6-10-5-3-7-11(13)12(10)14/h3,5,7,9H,4,6,8H2,1-2H3. The van der Waals surface area contributed by atoms with Crippen LogP contribution >= 0.6 is 15.9 Å². The Labute approximate surface area is 94.2 Å². The fourth-order valence-electron chi connectivity index (χ4n) is 2.15. The summed E-state index contributed by atoms with van der Waals surface area (Å²) in [5.41, 5.74) is 2.90. The minimum atomic E-state index is 0.591. The first kappa shape index (κ1) is 10.0. The van der Waals surface area contributed by atoms with Crippen LogP contribution in [0.5, 0.6) is 0 Å². The van der Waals surface area contributed by atoms with Gasteiger partial charge in [-0.15, -0.1) is 0 Å². The number of nitrogens with zero attached hydrogens (tertiary/aromatic N) is 1. The predicted octanol–water partition coefficient (Wildman–Crippen LogP) is 3.61. The van der Waals surface area contributed by atoms with Gasteiger partial charge in [-0.2, -0.15) is 0 Å². The number of fused-ring (bicyclic) bond motifs is 1. The van der Waals surface area contributed by atoms with Gasteiger partial charge in [-0.05, 0) is 54.2 Å². The fourth-order valence-corrected chi connectivity index (χ4v) is 2.79. The van der Waals surface area contributed by atoms with E-state index in [1.165, 1.54) is 35.1 Å². The zero-order valence-electron chi connectivity index (χ0n) is 8.76. The molecule has 1 nitrogen and oxygen atoms in total. The summed E-state index contributed by atoms with van der Waals surface area (Å²) >= 11 is 3.65. The van der Waals surface area contributed by atoms with Gasteiger partial charge in [0.05, 0.1) is 5.69 Å². The molecule has 76 valence electrons. The summed E-state index contributed by atoms with van der Waals surface area (Å²) in [4.78, 5) is 2.49. The Kier molecular flexibility index (Phi) is 2.82. The molecular weight excluding hydrogens is 238 g/mol. The topological polar surface area (TPSA) is 3.24 Å². The van der Waals surface area contributed by atoms with Gasteiger partial charge in [-0.25, -0.2) is 0 Å². The monoisotopic (exact) mass is 253 g/mol. The van der Waals surface area contributed by atoms with Crippen molar-refractivity contribution >= 4 is 21.6 Å². The summed E-state index contributed by atoms with van der Waals surface area (Å²) in [7, 11) is 0. The quantitative estimate of drug-likeness (QED) is 0.740. The summed E-state index contributed by atoms with van der Waals surface area (Å²) in [5, 5.41) is 0. The second kappa shape index (κ2) is 3.93. The van der Waals surface area contributed by atoms with Crippen molar-refractivity contribution in [1.82, 2.24) is 0 Å². The Morgan fingerprint density at radius 1 is 1.36 bits per heavy atom. The first-order chi connectivity index (χ1) is 6.70. The van der Waals surface area contributed by atoms with E-state index >= 15 is 0 Å². The summed E-state index contributed by atoms with van der Waals surface area (Å²) in [6, 6.07) is 7.11. The number of para-hydroxylation sites is 1. The average Bonchev–Trinajstić information content (AvgIpc) is 2.17. The van der Waals surface area contributed by atoms with Crippen molar-refractivity contribution < 1.29 is 0 Å². The van der Waals surface area contributed by atoms with Gasteiger partial charge in [0, 0.05) is 17.1 Å². The number of halogens is 1. The maximum Gasteiger partial charge on any atom is 0.0545 e. The van der Waals surface area contributed by atoms with Crippen LogP contribution in [-0.2, 0) is 6.42 Å². The highest BCUT2D eigenvalue weighted by Gasteiger charge is 2.20. The third-order valence-electron chi connectivity index (χ3n) is 2.83. The van der Waals surface area contributed by atoms with Crippen molar-refractivity contribution in [3.63, 3.8) is 0 Å². The molecule has 0 bridgehead atoms. The Bertz CT molecular complexity index is 333. The number of rotatable bonds is 1. The van der Waals surface area contributed by atoms with E-state index in [0.29, 0.717) is 6.04 Å². The van der Waals surface area contributed by atoms with Crippen LogP contribution < -0.4 is 4.90 Å². The van der Waals surface area contributed by atoms with Crippen molar-refractivity contribution in [3.8, 4) is 0 Å². The lowest BCUT2D eigenvalue weighted by Gasteiger charge is -2.35. The minimum Gasteiger partial charge on any atom is -0.368 e. The molecule has 0 unspecified atom stereocenters. The summed E-state index contributed by atoms with van der Waals surface area (Å²) in [5.74, 6) is 0. The molecule has 1 aliphatic heterocycles. The number of aryl methyl sites for hydroxylation is 1. The van der Waals surface area contributed by atoms with E-state index in [2.05, 4.69) is 52.9 Å². The van der Waals surface area contributed by atoms with E-state index < -0.39 is 0 Å². The van der Waals surface area contributed by atoms with Gasteiger partial charge in [0.15, 0.2) is 0 Å². The molecular formula is C12H16BrN. The van der Waals surface area contributed by atoms with Gasteiger partial charge in [0.2, 0.25) is 0 Å². The zero-order valence-corrected chi connectivity index (χ0v) is 10.3. The van der Waals surface area contributed by atoms with Crippen LogP contribution in [0.3, 0.4) is 0 Å². The molecule has 1 heterocycles. The summed E-state index contributed by atoms with van der Waals surface area (Å²) < 4.78 is 1.24. The highest BCUT2D eigenvalue weighted by molar-refractivity contribution is 9.10. The van der Waals surface area contributed by atoms with Crippen LogP contribution in [0, 0.1) is 0 Å². The predicted molar refractivity (Wildman–Crippen MR) is 64.9 cm³/mol. The van der Waals surface area contributed by atoms with Crippen LogP contribution in [-0.4, -0.2) is 12.6 Å². The van der Waals surface area contributed by atoms with Crippen molar-refractivity contribution in [3.05, 3.63) is 28.2 Å². The third-order valence-corrected chi connectivity index (χ3v) is 3.47. The SMILES string of the molecule is CC(C)N1CCCc2cccc(Br)c21. The van der Waals surface area contributed by atoms with Crippen LogP contribution in [0.25, 0.3) is 0 Å². The first-order valence-electron chi connectivity index (χ1n) is 5.24. The summed E-state index contributed by atoms with van der Waals surface area (Å²) in [6.07, 6.45) is 2.50. The van der Waals surface area contributed by atoms with Gasteiger partial charge >= 0.3 is 0 Å². The van der Waals surface area contributed by atoms with E-state index in [9.17, 15) is 0 Å². The van der Waals surface area contributed by atoms with Crippen LogP contribution in [0.1, 0.15) is 25.8 Å². The molecule has 0 aliphatic carbocycles. The van der Waals surface area contributed by atoms with Gasteiger partial charge in [-0.1, -0.05) is 12.1 Å². The first-order valence-corrected chi connectivity index (χ1v) is 6.03. The second-order valence-electron chi connectivity index (χ2n) is 4.14.